The monoisotopic (exact) mass is 398 g/mol. The number of nitrogens with one attached hydrogen (secondary N) is 1. The average Bonchev–Trinajstić information content (AvgIpc) is 3.12. The van der Waals surface area contributed by atoms with Gasteiger partial charge >= 0.3 is 0 Å². The zero-order valence-corrected chi connectivity index (χ0v) is 15.5. The van der Waals surface area contributed by atoms with Crippen molar-refractivity contribution in [3.63, 3.8) is 0 Å². The molecule has 2 aromatic carbocycles. The van der Waals surface area contributed by atoms with Crippen molar-refractivity contribution in [1.82, 2.24) is 4.31 Å². The van der Waals surface area contributed by atoms with Gasteiger partial charge in [0, 0.05) is 29.4 Å². The van der Waals surface area contributed by atoms with Gasteiger partial charge in [-0.05, 0) is 49.2 Å². The fourth-order valence-electron chi connectivity index (χ4n) is 2.68. The van der Waals surface area contributed by atoms with Crippen LogP contribution in [0.15, 0.2) is 47.4 Å². The van der Waals surface area contributed by atoms with E-state index in [1.807, 2.05) is 0 Å². The van der Waals surface area contributed by atoms with Gasteiger partial charge in [0.15, 0.2) is 0 Å². The van der Waals surface area contributed by atoms with Crippen molar-refractivity contribution in [3.8, 4) is 0 Å². The highest BCUT2D eigenvalue weighted by atomic mass is 35.5. The molecule has 25 heavy (non-hydrogen) atoms. The fraction of sp³-hybridized carbons (Fsp3) is 0.235. The van der Waals surface area contributed by atoms with E-state index >= 15 is 0 Å². The minimum Gasteiger partial charge on any atom is -0.322 e. The van der Waals surface area contributed by atoms with E-state index in [4.69, 9.17) is 23.2 Å². The Bertz CT molecular complexity index is 910. The second-order valence-corrected chi connectivity index (χ2v) is 8.47. The zero-order valence-electron chi connectivity index (χ0n) is 13.2. The van der Waals surface area contributed by atoms with Crippen molar-refractivity contribution in [1.29, 1.82) is 0 Å². The lowest BCUT2D eigenvalue weighted by atomic mass is 10.2. The minimum atomic E-state index is -3.67. The van der Waals surface area contributed by atoms with Crippen molar-refractivity contribution in [3.05, 3.63) is 58.1 Å². The van der Waals surface area contributed by atoms with Gasteiger partial charge in [-0.1, -0.05) is 29.3 Å². The van der Waals surface area contributed by atoms with Crippen LogP contribution in [-0.4, -0.2) is 31.7 Å². The first-order valence-corrected chi connectivity index (χ1v) is 9.94. The van der Waals surface area contributed by atoms with Gasteiger partial charge < -0.3 is 5.32 Å². The van der Waals surface area contributed by atoms with E-state index in [9.17, 15) is 13.2 Å². The van der Waals surface area contributed by atoms with Gasteiger partial charge in [-0.3, -0.25) is 4.79 Å². The third-order valence-electron chi connectivity index (χ3n) is 3.96. The predicted molar refractivity (Wildman–Crippen MR) is 98.9 cm³/mol. The highest BCUT2D eigenvalue weighted by Crippen LogP contribution is 2.29. The molecule has 3 rings (SSSR count). The zero-order chi connectivity index (χ0) is 18.0. The summed E-state index contributed by atoms with van der Waals surface area (Å²) < 4.78 is 26.9. The first-order chi connectivity index (χ1) is 11.9. The largest absolute Gasteiger partial charge is 0.322 e. The number of benzene rings is 2. The third-order valence-corrected chi connectivity index (χ3v) is 6.57. The van der Waals surface area contributed by atoms with Crippen LogP contribution in [0.4, 0.5) is 5.69 Å². The second kappa shape index (κ2) is 7.33. The number of carbonyl (C=O) groups excluding carboxylic acids is 1. The van der Waals surface area contributed by atoms with Crippen molar-refractivity contribution in [2.45, 2.75) is 17.7 Å². The van der Waals surface area contributed by atoms with E-state index in [2.05, 4.69) is 5.32 Å². The first-order valence-electron chi connectivity index (χ1n) is 7.74. The molecule has 1 heterocycles. The maximum absolute atomic E-state index is 12.7. The van der Waals surface area contributed by atoms with Gasteiger partial charge in [0.25, 0.3) is 5.91 Å². The molecule has 1 N–H and O–H groups in total. The van der Waals surface area contributed by atoms with Crippen LogP contribution in [0.3, 0.4) is 0 Å². The maximum Gasteiger partial charge on any atom is 0.255 e. The highest BCUT2D eigenvalue weighted by Gasteiger charge is 2.29. The Morgan fingerprint density at radius 1 is 1.04 bits per heavy atom. The summed E-state index contributed by atoms with van der Waals surface area (Å²) in [5.74, 6) is -0.380. The summed E-state index contributed by atoms with van der Waals surface area (Å²) in [5, 5.41) is 3.25. The van der Waals surface area contributed by atoms with Crippen molar-refractivity contribution >= 4 is 44.8 Å². The quantitative estimate of drug-likeness (QED) is 0.844. The molecule has 1 aliphatic rings. The molecule has 0 unspecified atom stereocenters. The highest BCUT2D eigenvalue weighted by molar-refractivity contribution is 7.89. The lowest BCUT2D eigenvalue weighted by Crippen LogP contribution is -2.28. The van der Waals surface area contributed by atoms with Crippen LogP contribution in [0, 0.1) is 0 Å². The summed E-state index contributed by atoms with van der Waals surface area (Å²) in [7, 11) is -3.67. The Morgan fingerprint density at radius 2 is 1.76 bits per heavy atom. The topological polar surface area (TPSA) is 66.5 Å². The summed E-state index contributed by atoms with van der Waals surface area (Å²) in [6, 6.07) is 10.9. The number of rotatable bonds is 4. The average molecular weight is 399 g/mol. The number of hydrogen-bond acceptors (Lipinski definition) is 3. The van der Waals surface area contributed by atoms with Crippen LogP contribution in [0.2, 0.25) is 10.0 Å². The van der Waals surface area contributed by atoms with E-state index in [0.29, 0.717) is 29.4 Å². The van der Waals surface area contributed by atoms with E-state index in [0.717, 1.165) is 12.8 Å². The van der Waals surface area contributed by atoms with Crippen molar-refractivity contribution in [2.75, 3.05) is 18.4 Å². The number of anilines is 1. The molecule has 8 heteroatoms. The Hall–Kier alpha value is -1.60. The molecular weight excluding hydrogens is 383 g/mol. The van der Waals surface area contributed by atoms with Crippen LogP contribution in [0.1, 0.15) is 23.2 Å². The molecule has 132 valence electrons. The summed E-state index contributed by atoms with van der Waals surface area (Å²) in [6.45, 7) is 0.968. The Labute approximate surface area is 156 Å². The lowest BCUT2D eigenvalue weighted by Gasteiger charge is -2.17. The van der Waals surface area contributed by atoms with Gasteiger partial charge in [-0.15, -0.1) is 0 Å². The number of carbonyl (C=O) groups is 1. The third kappa shape index (κ3) is 3.98. The molecule has 0 atom stereocenters. The molecule has 0 saturated carbocycles. The predicted octanol–water partition coefficient (Wildman–Crippen LogP) is 4.03. The van der Waals surface area contributed by atoms with E-state index < -0.39 is 10.0 Å². The second-order valence-electron chi connectivity index (χ2n) is 5.72. The molecule has 1 aliphatic heterocycles. The van der Waals surface area contributed by atoms with Gasteiger partial charge in [-0.2, -0.15) is 4.31 Å². The molecule has 5 nitrogen and oxygen atoms in total. The molecule has 1 amide bonds. The van der Waals surface area contributed by atoms with Crippen LogP contribution in [0.25, 0.3) is 0 Å². The minimum absolute atomic E-state index is 0.0000363. The van der Waals surface area contributed by atoms with Crippen LogP contribution in [-0.2, 0) is 10.0 Å². The standard InChI is InChI=1S/C17H16Cl2N2O3S/c18-13-5-3-4-12(10-13)17(22)20-14-6-7-15(19)16(11-14)25(23,24)21-8-1-2-9-21/h3-7,10-11H,1-2,8-9H2,(H,20,22). The Balaban J connectivity index is 1.88. The molecule has 0 spiro atoms. The number of sulfonamides is 1. The molecule has 1 saturated heterocycles. The molecule has 2 aromatic rings. The van der Waals surface area contributed by atoms with E-state index in [1.165, 1.54) is 22.5 Å². The van der Waals surface area contributed by atoms with E-state index in [1.54, 1.807) is 24.3 Å². The number of amides is 1. The van der Waals surface area contributed by atoms with E-state index in [-0.39, 0.29) is 15.8 Å². The fourth-order valence-corrected chi connectivity index (χ4v) is 4.89. The van der Waals surface area contributed by atoms with Crippen LogP contribution < -0.4 is 5.32 Å². The molecule has 0 aliphatic carbocycles. The summed E-state index contributed by atoms with van der Waals surface area (Å²) in [6.07, 6.45) is 1.67. The number of halogens is 2. The van der Waals surface area contributed by atoms with Crippen LogP contribution >= 0.6 is 23.2 Å². The van der Waals surface area contributed by atoms with Gasteiger partial charge in [-0.25, -0.2) is 8.42 Å². The Kier molecular flexibility index (Phi) is 5.34. The molecule has 1 fully saturated rings. The SMILES string of the molecule is O=C(Nc1ccc(Cl)c(S(=O)(=O)N2CCCC2)c1)c1cccc(Cl)c1. The Morgan fingerprint density at radius 3 is 2.44 bits per heavy atom. The molecule has 0 radical (unpaired) electrons. The van der Waals surface area contributed by atoms with Crippen LogP contribution in [0.5, 0.6) is 0 Å². The lowest BCUT2D eigenvalue weighted by molar-refractivity contribution is 0.102. The summed E-state index contributed by atoms with van der Waals surface area (Å²) in [4.78, 5) is 12.3. The molecule has 0 aromatic heterocycles. The maximum atomic E-state index is 12.7. The van der Waals surface area contributed by atoms with Gasteiger partial charge in [0.2, 0.25) is 10.0 Å². The van der Waals surface area contributed by atoms with Gasteiger partial charge in [0.05, 0.1) is 5.02 Å². The molecular formula is C17H16Cl2N2O3S. The number of hydrogen-bond donors (Lipinski definition) is 1. The summed E-state index contributed by atoms with van der Waals surface area (Å²) in [5.41, 5.74) is 0.735. The normalized spacial score (nSPS) is 15.3. The first kappa shape index (κ1) is 18.2. The number of nitrogens with zero attached hydrogens (tertiary/aromatic N) is 1. The summed E-state index contributed by atoms with van der Waals surface area (Å²) >= 11 is 12.0. The van der Waals surface area contributed by atoms with Crippen molar-refractivity contribution in [2.24, 2.45) is 0 Å². The molecule has 0 bridgehead atoms. The van der Waals surface area contributed by atoms with Crippen molar-refractivity contribution < 1.29 is 13.2 Å². The van der Waals surface area contributed by atoms with Gasteiger partial charge in [0.1, 0.15) is 4.90 Å². The smallest absolute Gasteiger partial charge is 0.255 e.